The normalized spacial score (nSPS) is 22.9. The Balaban J connectivity index is 1.72. The van der Waals surface area contributed by atoms with Gasteiger partial charge in [0, 0.05) is 17.5 Å². The Hall–Kier alpha value is -1.02. The number of carbonyl (C=O) groups is 1. The molecule has 1 saturated carbocycles. The summed E-state index contributed by atoms with van der Waals surface area (Å²) in [5, 5.41) is 3.79. The molecule has 0 radical (unpaired) electrons. The van der Waals surface area contributed by atoms with Gasteiger partial charge in [-0.15, -0.1) is 0 Å². The van der Waals surface area contributed by atoms with Crippen LogP contribution in [0.25, 0.3) is 0 Å². The first-order valence-electron chi connectivity index (χ1n) is 6.17. The number of aryl methyl sites for hydroxylation is 1. The van der Waals surface area contributed by atoms with E-state index in [1.807, 2.05) is 24.3 Å². The highest BCUT2D eigenvalue weighted by molar-refractivity contribution is 6.30. The van der Waals surface area contributed by atoms with Gasteiger partial charge in [0.25, 0.3) is 0 Å². The third-order valence-electron chi connectivity index (χ3n) is 3.27. The van der Waals surface area contributed by atoms with Crippen molar-refractivity contribution in [1.29, 1.82) is 0 Å². The van der Waals surface area contributed by atoms with Gasteiger partial charge >= 0.3 is 0 Å². The third kappa shape index (κ3) is 3.74. The lowest BCUT2D eigenvalue weighted by molar-refractivity contribution is -0.122. The Morgan fingerprint density at radius 3 is 2.88 bits per heavy atom. The lowest BCUT2D eigenvalue weighted by Crippen LogP contribution is -2.43. The molecule has 0 spiro atoms. The molecular formula is C14H18ClNO. The van der Waals surface area contributed by atoms with Crippen LogP contribution in [0.2, 0.25) is 5.02 Å². The second-order valence-electron chi connectivity index (χ2n) is 4.97. The highest BCUT2D eigenvalue weighted by Crippen LogP contribution is 2.26. The van der Waals surface area contributed by atoms with Gasteiger partial charge in [-0.05, 0) is 42.9 Å². The fourth-order valence-electron chi connectivity index (χ4n) is 2.27. The van der Waals surface area contributed by atoms with Crippen LogP contribution < -0.4 is 5.32 Å². The van der Waals surface area contributed by atoms with Crippen molar-refractivity contribution in [2.24, 2.45) is 5.92 Å². The maximum Gasteiger partial charge on any atom is 0.220 e. The SMILES string of the molecule is CC1CC(NC(=O)CCc2cccc(Cl)c2)C1. The topological polar surface area (TPSA) is 29.1 Å². The highest BCUT2D eigenvalue weighted by Gasteiger charge is 2.26. The van der Waals surface area contributed by atoms with E-state index in [0.717, 1.165) is 35.8 Å². The zero-order chi connectivity index (χ0) is 12.3. The molecule has 0 heterocycles. The van der Waals surface area contributed by atoms with E-state index in [4.69, 9.17) is 11.6 Å². The largest absolute Gasteiger partial charge is 0.353 e. The fourth-order valence-corrected chi connectivity index (χ4v) is 2.48. The smallest absolute Gasteiger partial charge is 0.220 e. The summed E-state index contributed by atoms with van der Waals surface area (Å²) in [6, 6.07) is 8.10. The average Bonchev–Trinajstić information content (AvgIpc) is 2.24. The minimum atomic E-state index is 0.155. The summed E-state index contributed by atoms with van der Waals surface area (Å²) in [6.45, 7) is 2.22. The van der Waals surface area contributed by atoms with Crippen molar-refractivity contribution in [1.82, 2.24) is 5.32 Å². The third-order valence-corrected chi connectivity index (χ3v) is 3.50. The first kappa shape index (κ1) is 12.4. The van der Waals surface area contributed by atoms with Crippen LogP contribution in [0, 0.1) is 5.92 Å². The van der Waals surface area contributed by atoms with Crippen LogP contribution >= 0.6 is 11.6 Å². The van der Waals surface area contributed by atoms with Gasteiger partial charge in [0.1, 0.15) is 0 Å². The molecule has 1 aliphatic carbocycles. The van der Waals surface area contributed by atoms with Crippen LogP contribution in [0.1, 0.15) is 31.7 Å². The number of halogens is 1. The number of amides is 1. The number of hydrogen-bond acceptors (Lipinski definition) is 1. The monoisotopic (exact) mass is 251 g/mol. The van der Waals surface area contributed by atoms with Crippen LogP contribution in [-0.2, 0) is 11.2 Å². The van der Waals surface area contributed by atoms with E-state index in [0.29, 0.717) is 12.5 Å². The van der Waals surface area contributed by atoms with Gasteiger partial charge in [0.2, 0.25) is 5.91 Å². The maximum absolute atomic E-state index is 11.7. The fraction of sp³-hybridized carbons (Fsp3) is 0.500. The second-order valence-corrected chi connectivity index (χ2v) is 5.41. The molecule has 0 saturated heterocycles. The molecule has 1 amide bonds. The van der Waals surface area contributed by atoms with Gasteiger partial charge < -0.3 is 5.32 Å². The molecule has 1 aliphatic rings. The maximum atomic E-state index is 11.7. The van der Waals surface area contributed by atoms with Gasteiger partial charge in [0.15, 0.2) is 0 Å². The zero-order valence-corrected chi connectivity index (χ0v) is 10.8. The van der Waals surface area contributed by atoms with Crippen LogP contribution in [-0.4, -0.2) is 11.9 Å². The molecule has 1 aromatic carbocycles. The summed E-state index contributed by atoms with van der Waals surface area (Å²) in [5.41, 5.74) is 1.12. The van der Waals surface area contributed by atoms with E-state index in [1.165, 1.54) is 0 Å². The molecule has 3 heteroatoms. The summed E-state index contributed by atoms with van der Waals surface area (Å²) in [4.78, 5) is 11.7. The summed E-state index contributed by atoms with van der Waals surface area (Å²) in [5.74, 6) is 0.926. The highest BCUT2D eigenvalue weighted by atomic mass is 35.5. The molecular weight excluding hydrogens is 234 g/mol. The number of nitrogens with one attached hydrogen (secondary N) is 1. The van der Waals surface area contributed by atoms with E-state index < -0.39 is 0 Å². The number of carbonyl (C=O) groups excluding carboxylic acids is 1. The van der Waals surface area contributed by atoms with Gasteiger partial charge in [-0.2, -0.15) is 0 Å². The molecule has 1 fully saturated rings. The summed E-state index contributed by atoms with van der Waals surface area (Å²) >= 11 is 5.89. The Labute approximate surface area is 107 Å². The molecule has 0 aliphatic heterocycles. The Bertz CT molecular complexity index is 399. The zero-order valence-electron chi connectivity index (χ0n) is 10.1. The van der Waals surface area contributed by atoms with E-state index in [1.54, 1.807) is 0 Å². The molecule has 0 aromatic heterocycles. The first-order chi connectivity index (χ1) is 8.13. The van der Waals surface area contributed by atoms with E-state index >= 15 is 0 Å². The lowest BCUT2D eigenvalue weighted by Gasteiger charge is -2.33. The Morgan fingerprint density at radius 1 is 1.47 bits per heavy atom. The predicted molar refractivity (Wildman–Crippen MR) is 70.1 cm³/mol. The molecule has 0 atom stereocenters. The Kier molecular flexibility index (Phi) is 4.06. The van der Waals surface area contributed by atoms with Gasteiger partial charge in [-0.3, -0.25) is 4.79 Å². The Morgan fingerprint density at radius 2 is 2.24 bits per heavy atom. The molecule has 17 heavy (non-hydrogen) atoms. The number of rotatable bonds is 4. The van der Waals surface area contributed by atoms with Crippen LogP contribution in [0.5, 0.6) is 0 Å². The van der Waals surface area contributed by atoms with Crippen molar-refractivity contribution in [2.45, 2.75) is 38.6 Å². The number of hydrogen-bond donors (Lipinski definition) is 1. The molecule has 0 unspecified atom stereocenters. The minimum Gasteiger partial charge on any atom is -0.353 e. The van der Waals surface area contributed by atoms with Crippen molar-refractivity contribution in [3.05, 3.63) is 34.9 Å². The lowest BCUT2D eigenvalue weighted by atomic mass is 9.82. The van der Waals surface area contributed by atoms with Crippen molar-refractivity contribution in [3.8, 4) is 0 Å². The number of benzene rings is 1. The average molecular weight is 252 g/mol. The van der Waals surface area contributed by atoms with Crippen molar-refractivity contribution < 1.29 is 4.79 Å². The summed E-state index contributed by atoms with van der Waals surface area (Å²) in [6.07, 6.45) is 3.56. The molecule has 1 N–H and O–H groups in total. The van der Waals surface area contributed by atoms with Crippen LogP contribution in [0.15, 0.2) is 24.3 Å². The summed E-state index contributed by atoms with van der Waals surface area (Å²) in [7, 11) is 0. The van der Waals surface area contributed by atoms with Gasteiger partial charge in [0.05, 0.1) is 0 Å². The van der Waals surface area contributed by atoms with Crippen molar-refractivity contribution in [3.63, 3.8) is 0 Å². The van der Waals surface area contributed by atoms with Gasteiger partial charge in [-0.1, -0.05) is 30.7 Å². The second kappa shape index (κ2) is 5.54. The van der Waals surface area contributed by atoms with Crippen LogP contribution in [0.3, 0.4) is 0 Å². The van der Waals surface area contributed by atoms with Crippen molar-refractivity contribution >= 4 is 17.5 Å². The minimum absolute atomic E-state index is 0.155. The standard InChI is InChI=1S/C14H18ClNO/c1-10-7-13(8-10)16-14(17)6-5-11-3-2-4-12(15)9-11/h2-4,9-10,13H,5-8H2,1H3,(H,16,17). The molecule has 2 nitrogen and oxygen atoms in total. The van der Waals surface area contributed by atoms with Gasteiger partial charge in [-0.25, -0.2) is 0 Å². The molecule has 92 valence electrons. The first-order valence-corrected chi connectivity index (χ1v) is 6.55. The van der Waals surface area contributed by atoms with E-state index in [9.17, 15) is 4.79 Å². The van der Waals surface area contributed by atoms with Crippen molar-refractivity contribution in [2.75, 3.05) is 0 Å². The van der Waals surface area contributed by atoms with Crippen LogP contribution in [0.4, 0.5) is 0 Å². The van der Waals surface area contributed by atoms with E-state index in [-0.39, 0.29) is 5.91 Å². The predicted octanol–water partition coefficient (Wildman–Crippen LogP) is 3.19. The quantitative estimate of drug-likeness (QED) is 0.875. The molecule has 2 rings (SSSR count). The molecule has 0 bridgehead atoms. The molecule has 1 aromatic rings. The summed E-state index contributed by atoms with van der Waals surface area (Å²) < 4.78 is 0. The van der Waals surface area contributed by atoms with E-state index in [2.05, 4.69) is 12.2 Å².